The van der Waals surface area contributed by atoms with Crippen LogP contribution in [0, 0.1) is 0 Å². The second-order valence-corrected chi connectivity index (χ2v) is 6.22. The second-order valence-electron chi connectivity index (χ2n) is 6.22. The summed E-state index contributed by atoms with van der Waals surface area (Å²) in [5, 5.41) is 7.29. The van der Waals surface area contributed by atoms with Crippen LogP contribution in [0.1, 0.15) is 10.5 Å². The highest BCUT2D eigenvalue weighted by atomic mass is 16.5. The van der Waals surface area contributed by atoms with Gasteiger partial charge in [0.15, 0.2) is 0 Å². The van der Waals surface area contributed by atoms with Gasteiger partial charge in [0, 0.05) is 37.4 Å². The second kappa shape index (κ2) is 7.89. The average Bonchev–Trinajstić information content (AvgIpc) is 3.14. The molecule has 4 aromatic heterocycles. The number of methoxy groups -OCH3 is 1. The number of amides is 1. The SMILES string of the molecule is COc1ccc(C(=O)Nc2cn(C)nc2-c2ccccn2)nc1-c1cccnc1. The van der Waals surface area contributed by atoms with Crippen molar-refractivity contribution in [3.05, 3.63) is 72.9 Å². The number of rotatable bonds is 5. The fraction of sp³-hybridized carbons (Fsp3) is 0.0952. The van der Waals surface area contributed by atoms with E-state index in [1.807, 2.05) is 24.3 Å². The van der Waals surface area contributed by atoms with Crippen molar-refractivity contribution < 1.29 is 9.53 Å². The quantitative estimate of drug-likeness (QED) is 0.566. The molecule has 1 amide bonds. The van der Waals surface area contributed by atoms with Crippen molar-refractivity contribution in [1.82, 2.24) is 24.7 Å². The third-order valence-electron chi connectivity index (χ3n) is 4.23. The summed E-state index contributed by atoms with van der Waals surface area (Å²) in [5.41, 5.74) is 3.36. The van der Waals surface area contributed by atoms with Gasteiger partial charge in [-0.2, -0.15) is 5.10 Å². The molecule has 29 heavy (non-hydrogen) atoms. The van der Waals surface area contributed by atoms with Crippen LogP contribution in [0.5, 0.6) is 5.75 Å². The lowest BCUT2D eigenvalue weighted by Gasteiger charge is -2.10. The topological polar surface area (TPSA) is 94.8 Å². The number of nitrogens with zero attached hydrogens (tertiary/aromatic N) is 5. The molecule has 144 valence electrons. The van der Waals surface area contributed by atoms with Gasteiger partial charge in [-0.15, -0.1) is 0 Å². The number of aromatic nitrogens is 5. The summed E-state index contributed by atoms with van der Waals surface area (Å²) < 4.78 is 7.02. The highest BCUT2D eigenvalue weighted by molar-refractivity contribution is 6.05. The summed E-state index contributed by atoms with van der Waals surface area (Å²) in [6.45, 7) is 0. The van der Waals surface area contributed by atoms with Crippen molar-refractivity contribution in [3.8, 4) is 28.4 Å². The molecular weight excluding hydrogens is 368 g/mol. The zero-order chi connectivity index (χ0) is 20.2. The Morgan fingerprint density at radius 2 is 1.97 bits per heavy atom. The monoisotopic (exact) mass is 386 g/mol. The molecule has 0 fully saturated rings. The normalized spacial score (nSPS) is 10.6. The Morgan fingerprint density at radius 3 is 2.69 bits per heavy atom. The minimum absolute atomic E-state index is 0.250. The summed E-state index contributed by atoms with van der Waals surface area (Å²) in [6, 6.07) is 12.5. The first-order valence-corrected chi connectivity index (χ1v) is 8.87. The van der Waals surface area contributed by atoms with E-state index >= 15 is 0 Å². The average molecular weight is 386 g/mol. The number of ether oxygens (including phenoxy) is 1. The van der Waals surface area contributed by atoms with Crippen LogP contribution in [0.2, 0.25) is 0 Å². The summed E-state index contributed by atoms with van der Waals surface area (Å²) in [7, 11) is 3.35. The Balaban J connectivity index is 1.67. The first-order chi connectivity index (χ1) is 14.2. The number of carbonyl (C=O) groups is 1. The largest absolute Gasteiger partial charge is 0.494 e. The maximum Gasteiger partial charge on any atom is 0.274 e. The van der Waals surface area contributed by atoms with E-state index in [0.717, 1.165) is 5.56 Å². The van der Waals surface area contributed by atoms with Gasteiger partial charge in [-0.1, -0.05) is 6.07 Å². The van der Waals surface area contributed by atoms with Gasteiger partial charge in [-0.05, 0) is 36.4 Å². The van der Waals surface area contributed by atoms with Crippen LogP contribution in [0.4, 0.5) is 5.69 Å². The van der Waals surface area contributed by atoms with E-state index in [1.54, 1.807) is 61.8 Å². The fourth-order valence-electron chi connectivity index (χ4n) is 2.91. The number of hydrogen-bond acceptors (Lipinski definition) is 6. The smallest absolute Gasteiger partial charge is 0.274 e. The van der Waals surface area contributed by atoms with Crippen LogP contribution in [-0.4, -0.2) is 37.7 Å². The van der Waals surface area contributed by atoms with Gasteiger partial charge < -0.3 is 10.1 Å². The van der Waals surface area contributed by atoms with Crippen LogP contribution in [-0.2, 0) is 7.05 Å². The minimum Gasteiger partial charge on any atom is -0.494 e. The first kappa shape index (κ1) is 18.3. The Morgan fingerprint density at radius 1 is 1.07 bits per heavy atom. The molecule has 0 aliphatic carbocycles. The number of anilines is 1. The number of pyridine rings is 3. The molecule has 0 aliphatic rings. The van der Waals surface area contributed by atoms with Gasteiger partial charge in [0.2, 0.25) is 0 Å². The molecule has 0 saturated carbocycles. The Kier molecular flexibility index (Phi) is 4.98. The molecule has 1 N–H and O–H groups in total. The fourth-order valence-corrected chi connectivity index (χ4v) is 2.91. The molecule has 0 unspecified atom stereocenters. The van der Waals surface area contributed by atoms with Crippen LogP contribution in [0.25, 0.3) is 22.6 Å². The van der Waals surface area contributed by atoms with Crippen LogP contribution in [0.15, 0.2) is 67.3 Å². The molecular formula is C21H18N6O2. The number of carbonyl (C=O) groups excluding carboxylic acids is 1. The van der Waals surface area contributed by atoms with E-state index in [9.17, 15) is 4.79 Å². The molecule has 0 spiro atoms. The lowest BCUT2D eigenvalue weighted by Crippen LogP contribution is -2.14. The summed E-state index contributed by atoms with van der Waals surface area (Å²) >= 11 is 0. The van der Waals surface area contributed by atoms with E-state index in [2.05, 4.69) is 25.4 Å². The minimum atomic E-state index is -0.358. The van der Waals surface area contributed by atoms with Gasteiger partial charge in [-0.25, -0.2) is 4.98 Å². The highest BCUT2D eigenvalue weighted by Crippen LogP contribution is 2.28. The molecule has 4 aromatic rings. The predicted octanol–water partition coefficient (Wildman–Crippen LogP) is 3.20. The summed E-state index contributed by atoms with van der Waals surface area (Å²) in [4.78, 5) is 25.8. The molecule has 8 heteroatoms. The van der Waals surface area contributed by atoms with Crippen molar-refractivity contribution in [2.75, 3.05) is 12.4 Å². The molecule has 4 rings (SSSR count). The molecule has 0 atom stereocenters. The standard InChI is InChI=1S/C21H18N6O2/c1-27-13-17(20(26-27)15-7-3-4-11-23-15)25-21(28)16-8-9-18(29-2)19(24-16)14-6-5-10-22-12-14/h3-13H,1-2H3,(H,25,28). The van der Waals surface area contributed by atoms with E-state index in [0.29, 0.717) is 28.5 Å². The summed E-state index contributed by atoms with van der Waals surface area (Å²) in [6.07, 6.45) is 6.76. The van der Waals surface area contributed by atoms with Crippen molar-refractivity contribution in [3.63, 3.8) is 0 Å². The van der Waals surface area contributed by atoms with Crippen molar-refractivity contribution in [2.24, 2.45) is 7.05 Å². The van der Waals surface area contributed by atoms with Crippen molar-refractivity contribution in [2.45, 2.75) is 0 Å². The highest BCUT2D eigenvalue weighted by Gasteiger charge is 2.18. The van der Waals surface area contributed by atoms with Gasteiger partial charge in [-0.3, -0.25) is 19.4 Å². The summed E-state index contributed by atoms with van der Waals surface area (Å²) in [5.74, 6) is 0.202. The maximum atomic E-state index is 12.9. The third kappa shape index (κ3) is 3.81. The lowest BCUT2D eigenvalue weighted by atomic mass is 10.1. The van der Waals surface area contributed by atoms with E-state index in [-0.39, 0.29) is 11.6 Å². The molecule has 8 nitrogen and oxygen atoms in total. The molecule has 0 bridgehead atoms. The molecule has 0 radical (unpaired) electrons. The zero-order valence-corrected chi connectivity index (χ0v) is 15.9. The molecule has 0 saturated heterocycles. The van der Waals surface area contributed by atoms with Gasteiger partial charge in [0.1, 0.15) is 22.8 Å². The Bertz CT molecular complexity index is 1140. The number of nitrogens with one attached hydrogen (secondary N) is 1. The van der Waals surface area contributed by atoms with Crippen LogP contribution >= 0.6 is 0 Å². The Hall–Kier alpha value is -4.07. The zero-order valence-electron chi connectivity index (χ0n) is 15.9. The third-order valence-corrected chi connectivity index (χ3v) is 4.23. The van der Waals surface area contributed by atoms with Crippen molar-refractivity contribution >= 4 is 11.6 Å². The molecule has 0 aromatic carbocycles. The van der Waals surface area contributed by atoms with Gasteiger partial charge in [0.25, 0.3) is 5.91 Å². The van der Waals surface area contributed by atoms with Gasteiger partial charge in [0.05, 0.1) is 18.5 Å². The van der Waals surface area contributed by atoms with Crippen molar-refractivity contribution in [1.29, 1.82) is 0 Å². The predicted molar refractivity (Wildman–Crippen MR) is 108 cm³/mol. The lowest BCUT2D eigenvalue weighted by molar-refractivity contribution is 0.102. The number of hydrogen-bond donors (Lipinski definition) is 1. The molecule has 4 heterocycles. The van der Waals surface area contributed by atoms with E-state index in [4.69, 9.17) is 4.74 Å². The maximum absolute atomic E-state index is 12.9. The van der Waals surface area contributed by atoms with E-state index < -0.39 is 0 Å². The van der Waals surface area contributed by atoms with Crippen LogP contribution < -0.4 is 10.1 Å². The van der Waals surface area contributed by atoms with Crippen LogP contribution in [0.3, 0.4) is 0 Å². The first-order valence-electron chi connectivity index (χ1n) is 8.87. The van der Waals surface area contributed by atoms with E-state index in [1.165, 1.54) is 0 Å². The number of aryl methyl sites for hydroxylation is 1. The van der Waals surface area contributed by atoms with Gasteiger partial charge >= 0.3 is 0 Å². The Labute approximate surface area is 167 Å². The molecule has 0 aliphatic heterocycles.